The summed E-state index contributed by atoms with van der Waals surface area (Å²) in [4.78, 5) is 0. The maximum absolute atomic E-state index is 9.05. The van der Waals surface area contributed by atoms with Crippen molar-refractivity contribution in [2.45, 2.75) is 0 Å². The second-order valence-corrected chi connectivity index (χ2v) is 8.69. The van der Waals surface area contributed by atoms with E-state index >= 15 is 0 Å². The van der Waals surface area contributed by atoms with Crippen molar-refractivity contribution in [3.05, 3.63) is 126 Å². The molecule has 1 aromatic heterocycles. The molecule has 1 heterocycles. The molecule has 2 nitrogen and oxygen atoms in total. The molecule has 0 radical (unpaired) electrons. The van der Waals surface area contributed by atoms with Crippen molar-refractivity contribution in [3.8, 4) is 12.1 Å². The molecule has 0 bridgehead atoms. The fraction of sp³-hybridized carbons (Fsp3) is 0. The van der Waals surface area contributed by atoms with Crippen LogP contribution in [0.25, 0.3) is 11.1 Å². The molecule has 31 heavy (non-hydrogen) atoms. The van der Waals surface area contributed by atoms with Gasteiger partial charge in [0, 0.05) is 29.9 Å². The Balaban J connectivity index is 1.98. The summed E-state index contributed by atoms with van der Waals surface area (Å²) in [5.41, 5.74) is 3.35. The largest absolute Gasteiger partial charge is 0.192 e. The van der Waals surface area contributed by atoms with Crippen LogP contribution in [0, 0.1) is 32.4 Å². The van der Waals surface area contributed by atoms with E-state index in [1.165, 1.54) is 0 Å². The molecule has 3 aromatic carbocycles. The van der Waals surface area contributed by atoms with Gasteiger partial charge in [0.15, 0.2) is 0 Å². The molecule has 5 heteroatoms. The van der Waals surface area contributed by atoms with Crippen molar-refractivity contribution in [3.63, 3.8) is 0 Å². The predicted octanol–water partition coefficient (Wildman–Crippen LogP) is 5.79. The van der Waals surface area contributed by atoms with Crippen LogP contribution < -0.4 is 9.75 Å². The van der Waals surface area contributed by atoms with Crippen LogP contribution in [-0.2, 0) is 0 Å². The summed E-state index contributed by atoms with van der Waals surface area (Å²) in [5, 5.41) is 21.1. The summed E-state index contributed by atoms with van der Waals surface area (Å²) in [7, 11) is 0. The third-order valence-electron chi connectivity index (χ3n) is 4.80. The summed E-state index contributed by atoms with van der Waals surface area (Å²) >= 11 is 13.9. The van der Waals surface area contributed by atoms with E-state index in [1.807, 2.05) is 72.8 Å². The van der Waals surface area contributed by atoms with E-state index in [1.54, 1.807) is 23.5 Å². The van der Waals surface area contributed by atoms with Gasteiger partial charge in [0.25, 0.3) is 0 Å². The Hall–Kier alpha value is -3.34. The summed E-state index contributed by atoms with van der Waals surface area (Å²) in [6, 6.07) is 31.1. The van der Waals surface area contributed by atoms with Crippen molar-refractivity contribution in [2.75, 3.05) is 0 Å². The van der Waals surface area contributed by atoms with Crippen molar-refractivity contribution in [2.24, 2.45) is 0 Å². The van der Waals surface area contributed by atoms with E-state index in [0.717, 1.165) is 31.0 Å². The molecular weight excluding hydrogens is 443 g/mol. The second-order valence-electron chi connectivity index (χ2n) is 6.73. The standard InChI is InChI=1S/C26H14Cl2N2S/c27-22-9-5-19(6-10-22)26(20-7-11-23(28)12-8-20)25-14-13-24(31-25)18-3-1-17(2-4-18)21(15-29)16-30/h1-14H. The second kappa shape index (κ2) is 9.21. The maximum atomic E-state index is 9.05. The van der Waals surface area contributed by atoms with Crippen LogP contribution in [0.3, 0.4) is 0 Å². The van der Waals surface area contributed by atoms with Gasteiger partial charge in [-0.05, 0) is 52.7 Å². The van der Waals surface area contributed by atoms with Crippen LogP contribution in [0.2, 0.25) is 10.0 Å². The van der Waals surface area contributed by atoms with Crippen LogP contribution >= 0.6 is 34.5 Å². The first-order chi connectivity index (χ1) is 15.1. The Morgan fingerprint density at radius 3 is 1.65 bits per heavy atom. The number of rotatable bonds is 2. The van der Waals surface area contributed by atoms with Crippen molar-refractivity contribution in [1.29, 1.82) is 10.5 Å². The zero-order chi connectivity index (χ0) is 21.8. The number of hydrogen-bond acceptors (Lipinski definition) is 3. The molecule has 0 aliphatic carbocycles. The summed E-state index contributed by atoms with van der Waals surface area (Å²) < 4.78 is 2.21. The molecule has 0 amide bonds. The normalized spacial score (nSPS) is 10.2. The number of hydrogen-bond donors (Lipinski definition) is 0. The molecule has 0 aliphatic heterocycles. The van der Waals surface area contributed by atoms with Gasteiger partial charge < -0.3 is 0 Å². The highest BCUT2D eigenvalue weighted by Crippen LogP contribution is 2.24. The number of thiophene rings is 1. The number of nitriles is 2. The van der Waals surface area contributed by atoms with E-state index < -0.39 is 0 Å². The smallest absolute Gasteiger partial charge is 0.136 e. The fourth-order valence-electron chi connectivity index (χ4n) is 3.27. The molecule has 0 saturated carbocycles. The van der Waals surface area contributed by atoms with Crippen molar-refractivity contribution in [1.82, 2.24) is 0 Å². The number of nitrogens with zero attached hydrogens (tertiary/aromatic N) is 2. The molecule has 0 unspecified atom stereocenters. The minimum Gasteiger partial charge on any atom is -0.192 e. The summed E-state index contributed by atoms with van der Waals surface area (Å²) in [6.45, 7) is 0. The quantitative estimate of drug-likeness (QED) is 0.383. The fourth-order valence-corrected chi connectivity index (χ4v) is 4.62. The van der Waals surface area contributed by atoms with Gasteiger partial charge in [0.05, 0.1) is 0 Å². The third-order valence-corrected chi connectivity index (χ3v) is 6.46. The van der Waals surface area contributed by atoms with Gasteiger partial charge in [-0.1, -0.05) is 71.7 Å². The van der Waals surface area contributed by atoms with E-state index in [4.69, 9.17) is 33.7 Å². The molecule has 4 aromatic rings. The van der Waals surface area contributed by atoms with Crippen molar-refractivity contribution < 1.29 is 0 Å². The van der Waals surface area contributed by atoms with E-state index in [9.17, 15) is 0 Å². The average Bonchev–Trinajstić information content (AvgIpc) is 3.28. The Morgan fingerprint density at radius 1 is 0.645 bits per heavy atom. The van der Waals surface area contributed by atoms with Crippen LogP contribution in [0.15, 0.2) is 84.9 Å². The lowest BCUT2D eigenvalue weighted by atomic mass is 9.98. The molecular formula is C26H14Cl2N2S. The van der Waals surface area contributed by atoms with Crippen LogP contribution in [-0.4, -0.2) is 0 Å². The van der Waals surface area contributed by atoms with Gasteiger partial charge in [-0.2, -0.15) is 10.5 Å². The van der Waals surface area contributed by atoms with Gasteiger partial charge in [0.1, 0.15) is 17.7 Å². The zero-order valence-electron chi connectivity index (χ0n) is 16.1. The predicted molar refractivity (Wildman–Crippen MR) is 127 cm³/mol. The third kappa shape index (κ3) is 4.55. The highest BCUT2D eigenvalue weighted by Gasteiger charge is 2.08. The summed E-state index contributed by atoms with van der Waals surface area (Å²) in [5.74, 6) is 0. The first kappa shape index (κ1) is 20.9. The summed E-state index contributed by atoms with van der Waals surface area (Å²) in [6.07, 6.45) is 0. The number of benzene rings is 3. The minimum absolute atomic E-state index is 0.111. The van der Waals surface area contributed by atoms with Gasteiger partial charge >= 0.3 is 0 Å². The molecule has 148 valence electrons. The van der Waals surface area contributed by atoms with E-state index in [2.05, 4.69) is 12.1 Å². The number of halogens is 2. The Bertz CT molecular complexity index is 1470. The lowest BCUT2D eigenvalue weighted by Gasteiger charge is -2.08. The molecule has 0 atom stereocenters. The highest BCUT2D eigenvalue weighted by molar-refractivity contribution is 7.08. The Morgan fingerprint density at radius 2 is 1.16 bits per heavy atom. The average molecular weight is 457 g/mol. The first-order valence-corrected chi connectivity index (χ1v) is 10.9. The molecule has 0 spiro atoms. The minimum atomic E-state index is 0.111. The molecule has 0 N–H and O–H groups in total. The van der Waals surface area contributed by atoms with Crippen LogP contribution in [0.1, 0.15) is 11.1 Å². The lowest BCUT2D eigenvalue weighted by Crippen LogP contribution is -2.03. The van der Waals surface area contributed by atoms with E-state index in [0.29, 0.717) is 15.3 Å². The molecule has 0 saturated heterocycles. The van der Waals surface area contributed by atoms with Gasteiger partial charge in [-0.3, -0.25) is 0 Å². The van der Waals surface area contributed by atoms with Crippen LogP contribution in [0.4, 0.5) is 0 Å². The van der Waals surface area contributed by atoms with Gasteiger partial charge in [-0.25, -0.2) is 0 Å². The topological polar surface area (TPSA) is 47.6 Å². The molecule has 4 rings (SSSR count). The Labute approximate surface area is 193 Å². The Kier molecular flexibility index (Phi) is 6.21. The molecule has 0 aliphatic rings. The van der Waals surface area contributed by atoms with Gasteiger partial charge in [0.2, 0.25) is 0 Å². The van der Waals surface area contributed by atoms with Crippen LogP contribution in [0.5, 0.6) is 0 Å². The van der Waals surface area contributed by atoms with Gasteiger partial charge in [-0.15, -0.1) is 11.3 Å². The monoisotopic (exact) mass is 456 g/mol. The molecule has 0 fully saturated rings. The lowest BCUT2D eigenvalue weighted by molar-refractivity contribution is 1.47. The SMILES string of the molecule is N#CC(C#N)=c1ccc(=c2ccc(=C(c3ccc(Cl)cc3)c3ccc(Cl)cc3)s2)cc1. The maximum Gasteiger partial charge on any atom is 0.136 e. The van der Waals surface area contributed by atoms with Crippen molar-refractivity contribution >= 4 is 45.7 Å². The first-order valence-electron chi connectivity index (χ1n) is 9.36. The highest BCUT2D eigenvalue weighted by atomic mass is 35.5. The van der Waals surface area contributed by atoms with E-state index in [-0.39, 0.29) is 5.57 Å². The zero-order valence-corrected chi connectivity index (χ0v) is 18.5.